The van der Waals surface area contributed by atoms with Gasteiger partial charge in [-0.2, -0.15) is 13.2 Å². The molecule has 10 heavy (non-hydrogen) atoms. The van der Waals surface area contributed by atoms with Crippen LogP contribution < -0.4 is 0 Å². The number of halogens is 4. The van der Waals surface area contributed by atoms with Crippen LogP contribution >= 0.6 is 11.6 Å². The van der Waals surface area contributed by atoms with Gasteiger partial charge in [0, 0.05) is 0 Å². The van der Waals surface area contributed by atoms with Gasteiger partial charge in [-0.1, -0.05) is 0 Å². The minimum Gasteiger partial charge on any atom is -0.473 e. The standard InChI is InChI=1S/C4H5ClF3NO/c5-1-2-10-3(9)4(6,7)8/h9H,1-2H2. The predicted molar refractivity (Wildman–Crippen MR) is 30.5 cm³/mol. The van der Waals surface area contributed by atoms with Gasteiger partial charge in [0.2, 0.25) is 0 Å². The van der Waals surface area contributed by atoms with Crippen molar-refractivity contribution in [3.05, 3.63) is 0 Å². The third kappa shape index (κ3) is 3.55. The molecule has 0 amide bonds. The Bertz CT molecular complexity index is 124. The second-order valence-electron chi connectivity index (χ2n) is 1.36. The Morgan fingerprint density at radius 1 is 1.50 bits per heavy atom. The first-order valence-electron chi connectivity index (χ1n) is 2.33. The van der Waals surface area contributed by atoms with Gasteiger partial charge in [-0.05, 0) is 0 Å². The molecule has 0 saturated carbocycles. The molecule has 0 aromatic rings. The van der Waals surface area contributed by atoms with Crippen LogP contribution in [0.3, 0.4) is 0 Å². The number of rotatable bonds is 2. The smallest absolute Gasteiger partial charge is 0.467 e. The summed E-state index contributed by atoms with van der Waals surface area (Å²) in [6, 6.07) is 0. The number of ether oxygens (including phenoxy) is 1. The minimum absolute atomic E-state index is 0.0571. The van der Waals surface area contributed by atoms with Crippen molar-refractivity contribution in [1.82, 2.24) is 0 Å². The van der Waals surface area contributed by atoms with Crippen LogP contribution in [0.2, 0.25) is 0 Å². The van der Waals surface area contributed by atoms with Gasteiger partial charge >= 0.3 is 6.18 Å². The topological polar surface area (TPSA) is 33.1 Å². The Morgan fingerprint density at radius 3 is 2.30 bits per heavy atom. The largest absolute Gasteiger partial charge is 0.473 e. The summed E-state index contributed by atoms with van der Waals surface area (Å²) in [4.78, 5) is 0. The zero-order chi connectivity index (χ0) is 8.20. The monoisotopic (exact) mass is 175 g/mol. The van der Waals surface area contributed by atoms with Gasteiger partial charge in [0.05, 0.1) is 5.88 Å². The second-order valence-corrected chi connectivity index (χ2v) is 1.74. The number of hydrogen-bond donors (Lipinski definition) is 1. The highest BCUT2D eigenvalue weighted by atomic mass is 35.5. The molecule has 0 spiro atoms. The zero-order valence-electron chi connectivity index (χ0n) is 4.83. The molecule has 0 atom stereocenters. The number of hydrogen-bond acceptors (Lipinski definition) is 2. The molecular weight excluding hydrogens is 170 g/mol. The van der Waals surface area contributed by atoms with Crippen LogP contribution in [0, 0.1) is 5.41 Å². The first-order valence-corrected chi connectivity index (χ1v) is 2.86. The first kappa shape index (κ1) is 9.55. The summed E-state index contributed by atoms with van der Waals surface area (Å²) < 4.78 is 38.0. The summed E-state index contributed by atoms with van der Waals surface area (Å²) in [5.41, 5.74) is 0. The second kappa shape index (κ2) is 3.65. The van der Waals surface area contributed by atoms with Gasteiger partial charge in [0.1, 0.15) is 6.61 Å². The van der Waals surface area contributed by atoms with Gasteiger partial charge in [-0.25, -0.2) is 0 Å². The average Bonchev–Trinajstić information content (AvgIpc) is 1.80. The lowest BCUT2D eigenvalue weighted by atomic mass is 10.6. The average molecular weight is 176 g/mol. The molecule has 60 valence electrons. The predicted octanol–water partition coefficient (Wildman–Crippen LogP) is 1.78. The normalized spacial score (nSPS) is 11.2. The molecule has 0 aliphatic heterocycles. The van der Waals surface area contributed by atoms with Gasteiger partial charge in [0.15, 0.2) is 0 Å². The van der Waals surface area contributed by atoms with Crippen molar-refractivity contribution < 1.29 is 17.9 Å². The number of nitrogens with one attached hydrogen (secondary N) is 1. The highest BCUT2D eigenvalue weighted by Crippen LogP contribution is 2.16. The Hall–Kier alpha value is -0.450. The van der Waals surface area contributed by atoms with Crippen LogP contribution in [-0.4, -0.2) is 24.6 Å². The van der Waals surface area contributed by atoms with Crippen molar-refractivity contribution in [3.63, 3.8) is 0 Å². The quantitative estimate of drug-likeness (QED) is 0.387. The van der Waals surface area contributed by atoms with E-state index in [1.807, 2.05) is 0 Å². The summed E-state index contributed by atoms with van der Waals surface area (Å²) >= 11 is 5.01. The van der Waals surface area contributed by atoms with E-state index in [2.05, 4.69) is 4.74 Å². The molecule has 0 bridgehead atoms. The van der Waals surface area contributed by atoms with E-state index in [9.17, 15) is 13.2 Å². The number of alkyl halides is 4. The molecular formula is C4H5ClF3NO. The highest BCUT2D eigenvalue weighted by Gasteiger charge is 2.36. The molecule has 0 aliphatic carbocycles. The third-order valence-electron chi connectivity index (χ3n) is 0.581. The molecule has 2 nitrogen and oxygen atoms in total. The molecule has 0 saturated heterocycles. The van der Waals surface area contributed by atoms with E-state index in [1.165, 1.54) is 0 Å². The maximum absolute atomic E-state index is 11.4. The molecule has 0 aromatic heterocycles. The van der Waals surface area contributed by atoms with Crippen molar-refractivity contribution in [3.8, 4) is 0 Å². The highest BCUT2D eigenvalue weighted by molar-refractivity contribution is 6.18. The first-order chi connectivity index (χ1) is 4.48. The molecule has 0 aliphatic rings. The van der Waals surface area contributed by atoms with Gasteiger partial charge in [-0.3, -0.25) is 5.41 Å². The van der Waals surface area contributed by atoms with E-state index in [1.54, 1.807) is 0 Å². The molecule has 6 heteroatoms. The van der Waals surface area contributed by atoms with Crippen molar-refractivity contribution >= 4 is 17.5 Å². The van der Waals surface area contributed by atoms with Crippen LogP contribution in [0.1, 0.15) is 0 Å². The molecule has 0 rings (SSSR count). The fourth-order valence-electron chi connectivity index (χ4n) is 0.222. The maximum atomic E-state index is 11.4. The molecule has 1 N–H and O–H groups in total. The maximum Gasteiger partial charge on any atom is 0.467 e. The Balaban J connectivity index is 3.64. The molecule has 0 heterocycles. The minimum atomic E-state index is -4.69. The fraction of sp³-hybridized carbons (Fsp3) is 0.750. The third-order valence-corrected chi connectivity index (χ3v) is 0.735. The Labute approximate surface area is 60.4 Å². The zero-order valence-corrected chi connectivity index (χ0v) is 5.59. The van der Waals surface area contributed by atoms with Crippen LogP contribution in [0.25, 0.3) is 0 Å². The van der Waals surface area contributed by atoms with E-state index < -0.39 is 12.1 Å². The van der Waals surface area contributed by atoms with E-state index >= 15 is 0 Å². The summed E-state index contributed by atoms with van der Waals surface area (Å²) in [5.74, 6) is -1.76. The lowest BCUT2D eigenvalue weighted by Crippen LogP contribution is -2.25. The van der Waals surface area contributed by atoms with Gasteiger partial charge in [0.25, 0.3) is 5.90 Å². The van der Waals surface area contributed by atoms with E-state index in [0.29, 0.717) is 0 Å². The fourth-order valence-corrected chi connectivity index (χ4v) is 0.300. The molecule has 0 fully saturated rings. The molecule has 0 unspecified atom stereocenters. The van der Waals surface area contributed by atoms with E-state index in [-0.39, 0.29) is 12.5 Å². The van der Waals surface area contributed by atoms with E-state index in [4.69, 9.17) is 17.0 Å². The summed E-state index contributed by atoms with van der Waals surface area (Å²) in [6.45, 7) is -0.292. The van der Waals surface area contributed by atoms with Crippen molar-refractivity contribution in [1.29, 1.82) is 5.41 Å². The van der Waals surface area contributed by atoms with Gasteiger partial charge < -0.3 is 4.74 Å². The molecule has 0 aromatic carbocycles. The van der Waals surface area contributed by atoms with Crippen molar-refractivity contribution in [2.24, 2.45) is 0 Å². The van der Waals surface area contributed by atoms with E-state index in [0.717, 1.165) is 0 Å². The lowest BCUT2D eigenvalue weighted by Gasteiger charge is -2.07. The Kier molecular flexibility index (Phi) is 3.49. The lowest BCUT2D eigenvalue weighted by molar-refractivity contribution is -0.0787. The van der Waals surface area contributed by atoms with Crippen LogP contribution in [-0.2, 0) is 4.74 Å². The Morgan fingerprint density at radius 2 is 2.00 bits per heavy atom. The van der Waals surface area contributed by atoms with Crippen LogP contribution in [0.15, 0.2) is 0 Å². The van der Waals surface area contributed by atoms with Gasteiger partial charge in [-0.15, -0.1) is 11.6 Å². The summed E-state index contributed by atoms with van der Waals surface area (Å²) in [6.07, 6.45) is -4.69. The van der Waals surface area contributed by atoms with Crippen LogP contribution in [0.5, 0.6) is 0 Å². The van der Waals surface area contributed by atoms with Crippen LogP contribution in [0.4, 0.5) is 13.2 Å². The summed E-state index contributed by atoms with van der Waals surface area (Å²) in [7, 11) is 0. The van der Waals surface area contributed by atoms with Crippen molar-refractivity contribution in [2.45, 2.75) is 6.18 Å². The molecule has 0 radical (unpaired) electrons. The SMILES string of the molecule is N=C(OCCCl)C(F)(F)F. The van der Waals surface area contributed by atoms with Crippen molar-refractivity contribution in [2.75, 3.05) is 12.5 Å². The summed E-state index contributed by atoms with van der Waals surface area (Å²) in [5, 5.41) is 6.24.